The Balaban J connectivity index is 2.19. The minimum absolute atomic E-state index is 0.0502. The van der Waals surface area contributed by atoms with Gasteiger partial charge in [0.1, 0.15) is 5.69 Å². The van der Waals surface area contributed by atoms with Gasteiger partial charge < -0.3 is 5.32 Å². The highest BCUT2D eigenvalue weighted by Gasteiger charge is 2.38. The third-order valence-corrected chi connectivity index (χ3v) is 3.45. The molecule has 2 aromatic rings. The van der Waals surface area contributed by atoms with Crippen molar-refractivity contribution in [1.82, 2.24) is 20.3 Å². The number of aromatic nitrogens is 3. The molecule has 0 aromatic carbocycles. The first-order valence-electron chi connectivity index (χ1n) is 5.62. The molecule has 100 valence electrons. The van der Waals surface area contributed by atoms with Crippen LogP contribution >= 0.6 is 11.3 Å². The zero-order valence-electron chi connectivity index (χ0n) is 9.66. The molecule has 0 aliphatic carbocycles. The van der Waals surface area contributed by atoms with E-state index in [9.17, 15) is 13.2 Å². The van der Waals surface area contributed by atoms with Gasteiger partial charge in [-0.15, -0.1) is 11.3 Å². The van der Waals surface area contributed by atoms with Crippen LogP contribution in [0.25, 0.3) is 11.5 Å². The lowest BCUT2D eigenvalue weighted by molar-refractivity contribution is -0.142. The van der Waals surface area contributed by atoms with E-state index in [1.165, 1.54) is 11.3 Å². The maximum Gasteiger partial charge on any atom is 0.433 e. The van der Waals surface area contributed by atoms with E-state index in [2.05, 4.69) is 20.3 Å². The van der Waals surface area contributed by atoms with Crippen molar-refractivity contribution in [3.05, 3.63) is 27.8 Å². The van der Waals surface area contributed by atoms with Gasteiger partial charge in [0, 0.05) is 30.5 Å². The van der Waals surface area contributed by atoms with Crippen molar-refractivity contribution in [3.63, 3.8) is 0 Å². The van der Waals surface area contributed by atoms with Crippen molar-refractivity contribution in [3.8, 4) is 11.5 Å². The van der Waals surface area contributed by atoms with E-state index in [1.54, 1.807) is 10.9 Å². The number of nitrogens with zero attached hydrogens (tertiary/aromatic N) is 3. The van der Waals surface area contributed by atoms with Crippen molar-refractivity contribution in [1.29, 1.82) is 0 Å². The SMILES string of the molecule is FC(F)(F)c1nc(-c2cscn2)nc2c1CNCC2. The van der Waals surface area contributed by atoms with Crippen LogP contribution in [0.1, 0.15) is 17.0 Å². The molecule has 0 atom stereocenters. The number of hydrogen-bond acceptors (Lipinski definition) is 5. The van der Waals surface area contributed by atoms with E-state index in [0.717, 1.165) is 0 Å². The predicted molar refractivity (Wildman–Crippen MR) is 63.6 cm³/mol. The Bertz CT molecular complexity index is 595. The molecule has 1 aliphatic rings. The van der Waals surface area contributed by atoms with E-state index in [0.29, 0.717) is 24.4 Å². The van der Waals surface area contributed by atoms with Gasteiger partial charge in [0.2, 0.25) is 0 Å². The van der Waals surface area contributed by atoms with Crippen molar-refractivity contribution in [2.24, 2.45) is 0 Å². The highest BCUT2D eigenvalue weighted by Crippen LogP contribution is 2.33. The van der Waals surface area contributed by atoms with Crippen LogP contribution in [0.15, 0.2) is 10.9 Å². The number of halogens is 3. The molecular formula is C11H9F3N4S. The van der Waals surface area contributed by atoms with Crippen molar-refractivity contribution >= 4 is 11.3 Å². The first kappa shape index (κ1) is 12.5. The second kappa shape index (κ2) is 4.53. The van der Waals surface area contributed by atoms with E-state index >= 15 is 0 Å². The molecule has 3 heterocycles. The first-order chi connectivity index (χ1) is 9.05. The first-order valence-corrected chi connectivity index (χ1v) is 6.56. The van der Waals surface area contributed by atoms with Crippen LogP contribution in [0.3, 0.4) is 0 Å². The van der Waals surface area contributed by atoms with E-state index in [1.807, 2.05) is 0 Å². The summed E-state index contributed by atoms with van der Waals surface area (Å²) in [6.45, 7) is 0.777. The molecule has 0 saturated heterocycles. The Morgan fingerprint density at radius 1 is 1.26 bits per heavy atom. The number of nitrogens with one attached hydrogen (secondary N) is 1. The van der Waals surface area contributed by atoms with E-state index in [-0.39, 0.29) is 17.9 Å². The second-order valence-electron chi connectivity index (χ2n) is 4.12. The Morgan fingerprint density at radius 3 is 2.79 bits per heavy atom. The smallest absolute Gasteiger partial charge is 0.312 e. The number of thiazole rings is 1. The van der Waals surface area contributed by atoms with Crippen LogP contribution in [-0.4, -0.2) is 21.5 Å². The predicted octanol–water partition coefficient (Wildman–Crippen LogP) is 2.26. The summed E-state index contributed by atoms with van der Waals surface area (Å²) in [5.74, 6) is 0.0502. The minimum atomic E-state index is -4.48. The summed E-state index contributed by atoms with van der Waals surface area (Å²) in [6.07, 6.45) is -4.01. The summed E-state index contributed by atoms with van der Waals surface area (Å²) in [4.78, 5) is 11.9. The van der Waals surface area contributed by atoms with Gasteiger partial charge in [-0.2, -0.15) is 13.2 Å². The fourth-order valence-corrected chi connectivity index (χ4v) is 2.55. The molecule has 19 heavy (non-hydrogen) atoms. The maximum absolute atomic E-state index is 13.1. The standard InChI is InChI=1S/C11H9F3N4S/c12-11(13,14)9-6-3-15-2-1-7(6)17-10(18-9)8-4-19-5-16-8/h4-5,15H,1-3H2. The van der Waals surface area contributed by atoms with Gasteiger partial charge in [-0.1, -0.05) is 0 Å². The average molecular weight is 286 g/mol. The van der Waals surface area contributed by atoms with Crippen LogP contribution in [0.5, 0.6) is 0 Å². The zero-order chi connectivity index (χ0) is 13.5. The van der Waals surface area contributed by atoms with Crippen molar-refractivity contribution < 1.29 is 13.2 Å². The zero-order valence-corrected chi connectivity index (χ0v) is 10.5. The van der Waals surface area contributed by atoms with Gasteiger partial charge in [0.05, 0.1) is 11.2 Å². The third kappa shape index (κ3) is 2.33. The number of hydrogen-bond donors (Lipinski definition) is 1. The molecule has 0 spiro atoms. The fourth-order valence-electron chi connectivity index (χ4n) is 2.02. The van der Waals surface area contributed by atoms with E-state index < -0.39 is 11.9 Å². The summed E-state index contributed by atoms with van der Waals surface area (Å²) < 4.78 is 39.2. The summed E-state index contributed by atoms with van der Waals surface area (Å²) >= 11 is 1.30. The summed E-state index contributed by atoms with van der Waals surface area (Å²) in [6, 6.07) is 0. The lowest BCUT2D eigenvalue weighted by Crippen LogP contribution is -2.29. The Hall–Kier alpha value is -1.54. The third-order valence-electron chi connectivity index (χ3n) is 2.86. The average Bonchev–Trinajstić information content (AvgIpc) is 2.90. The lowest BCUT2D eigenvalue weighted by Gasteiger charge is -2.20. The normalized spacial score (nSPS) is 15.3. The molecule has 0 bridgehead atoms. The largest absolute Gasteiger partial charge is 0.433 e. The van der Waals surface area contributed by atoms with Crippen LogP contribution in [0.2, 0.25) is 0 Å². The topological polar surface area (TPSA) is 50.7 Å². The van der Waals surface area contributed by atoms with Gasteiger partial charge in [-0.3, -0.25) is 0 Å². The lowest BCUT2D eigenvalue weighted by atomic mass is 10.0. The summed E-state index contributed by atoms with van der Waals surface area (Å²) in [5.41, 5.74) is 1.69. The molecule has 4 nitrogen and oxygen atoms in total. The molecule has 8 heteroatoms. The van der Waals surface area contributed by atoms with Crippen LogP contribution in [0.4, 0.5) is 13.2 Å². The molecule has 2 aromatic heterocycles. The number of fused-ring (bicyclic) bond motifs is 1. The molecule has 0 unspecified atom stereocenters. The van der Waals surface area contributed by atoms with Gasteiger partial charge >= 0.3 is 6.18 Å². The summed E-state index contributed by atoms with van der Waals surface area (Å²) in [5, 5.41) is 4.56. The molecular weight excluding hydrogens is 277 g/mol. The van der Waals surface area contributed by atoms with E-state index in [4.69, 9.17) is 0 Å². The highest BCUT2D eigenvalue weighted by atomic mass is 32.1. The molecule has 0 radical (unpaired) electrons. The van der Waals surface area contributed by atoms with Crippen LogP contribution in [0, 0.1) is 0 Å². The molecule has 1 N–H and O–H groups in total. The molecule has 0 saturated carbocycles. The molecule has 0 amide bonds. The Kier molecular flexibility index (Phi) is 2.98. The fraction of sp³-hybridized carbons (Fsp3) is 0.364. The van der Waals surface area contributed by atoms with Gasteiger partial charge in [-0.25, -0.2) is 15.0 Å². The van der Waals surface area contributed by atoms with Gasteiger partial charge in [0.25, 0.3) is 0 Å². The monoisotopic (exact) mass is 286 g/mol. The Morgan fingerprint density at radius 2 is 2.11 bits per heavy atom. The second-order valence-corrected chi connectivity index (χ2v) is 4.84. The van der Waals surface area contributed by atoms with Gasteiger partial charge in [-0.05, 0) is 0 Å². The maximum atomic E-state index is 13.1. The molecule has 1 aliphatic heterocycles. The van der Waals surface area contributed by atoms with Gasteiger partial charge in [0.15, 0.2) is 11.5 Å². The number of alkyl halides is 3. The summed E-state index contributed by atoms with van der Waals surface area (Å²) in [7, 11) is 0. The van der Waals surface area contributed by atoms with Crippen molar-refractivity contribution in [2.45, 2.75) is 19.1 Å². The Labute approximate surface area is 110 Å². The quantitative estimate of drug-likeness (QED) is 0.873. The van der Waals surface area contributed by atoms with Crippen molar-refractivity contribution in [2.75, 3.05) is 6.54 Å². The molecule has 3 rings (SSSR count). The van der Waals surface area contributed by atoms with Crippen LogP contribution < -0.4 is 5.32 Å². The van der Waals surface area contributed by atoms with Crippen LogP contribution in [-0.2, 0) is 19.1 Å². The molecule has 0 fully saturated rings. The highest BCUT2D eigenvalue weighted by molar-refractivity contribution is 7.07. The minimum Gasteiger partial charge on any atom is -0.312 e. The number of rotatable bonds is 1.